The first-order valence-electron chi connectivity index (χ1n) is 6.95. The molecule has 2 fully saturated rings. The molecule has 1 spiro atoms. The van der Waals surface area contributed by atoms with Crippen molar-refractivity contribution < 1.29 is 4.74 Å². The minimum absolute atomic E-state index is 0.0191. The van der Waals surface area contributed by atoms with Crippen molar-refractivity contribution in [3.05, 3.63) is 0 Å². The highest BCUT2D eigenvalue weighted by atomic mass is 16.5. The molecule has 0 amide bonds. The number of morpholine rings is 1. The molecule has 1 atom stereocenters. The SMILES string of the molecule is CCC1NCCOC12CC(C)(C)NC(C)(C)C2. The molecule has 2 saturated heterocycles. The van der Waals surface area contributed by atoms with Crippen LogP contribution in [0, 0.1) is 0 Å². The Morgan fingerprint density at radius 3 is 2.24 bits per heavy atom. The van der Waals surface area contributed by atoms with Gasteiger partial charge in [0, 0.05) is 23.7 Å². The molecule has 2 aliphatic rings. The van der Waals surface area contributed by atoms with Gasteiger partial charge in [0.15, 0.2) is 0 Å². The molecule has 2 rings (SSSR count). The smallest absolute Gasteiger partial charge is 0.0869 e. The van der Waals surface area contributed by atoms with E-state index >= 15 is 0 Å². The van der Waals surface area contributed by atoms with Crippen LogP contribution < -0.4 is 10.6 Å². The molecular weight excluding hydrogens is 212 g/mol. The van der Waals surface area contributed by atoms with Crippen molar-refractivity contribution in [2.24, 2.45) is 0 Å². The number of piperidine rings is 1. The van der Waals surface area contributed by atoms with Gasteiger partial charge in [-0.3, -0.25) is 0 Å². The van der Waals surface area contributed by atoms with Crippen LogP contribution in [0.2, 0.25) is 0 Å². The Hall–Kier alpha value is -0.120. The van der Waals surface area contributed by atoms with Crippen molar-refractivity contribution >= 4 is 0 Å². The molecule has 0 aromatic carbocycles. The van der Waals surface area contributed by atoms with Crippen LogP contribution in [0.3, 0.4) is 0 Å². The lowest BCUT2D eigenvalue weighted by Crippen LogP contribution is -2.70. The van der Waals surface area contributed by atoms with E-state index in [1.165, 1.54) is 0 Å². The normalized spacial score (nSPS) is 34.8. The minimum Gasteiger partial charge on any atom is -0.372 e. The number of hydrogen-bond acceptors (Lipinski definition) is 3. The molecule has 0 aromatic rings. The molecule has 2 aliphatic heterocycles. The van der Waals surface area contributed by atoms with Crippen molar-refractivity contribution in [1.29, 1.82) is 0 Å². The second-order valence-electron chi connectivity index (χ2n) is 7.07. The van der Waals surface area contributed by atoms with Crippen LogP contribution in [0.15, 0.2) is 0 Å². The Kier molecular flexibility index (Phi) is 3.30. The molecule has 0 aromatic heterocycles. The van der Waals surface area contributed by atoms with Gasteiger partial charge in [0.2, 0.25) is 0 Å². The van der Waals surface area contributed by atoms with Crippen LogP contribution in [-0.4, -0.2) is 35.9 Å². The lowest BCUT2D eigenvalue weighted by molar-refractivity contribution is -0.149. The molecular formula is C14H28N2O. The maximum absolute atomic E-state index is 6.28. The van der Waals surface area contributed by atoms with Gasteiger partial charge in [0.05, 0.1) is 12.2 Å². The third kappa shape index (κ3) is 2.67. The molecule has 3 heteroatoms. The predicted octanol–water partition coefficient (Wildman–Crippen LogP) is 2.06. The van der Waals surface area contributed by atoms with Crippen LogP contribution >= 0.6 is 0 Å². The molecule has 100 valence electrons. The summed E-state index contributed by atoms with van der Waals surface area (Å²) < 4.78 is 6.28. The molecule has 2 N–H and O–H groups in total. The van der Waals surface area contributed by atoms with E-state index in [2.05, 4.69) is 45.3 Å². The van der Waals surface area contributed by atoms with Crippen LogP contribution in [0.4, 0.5) is 0 Å². The summed E-state index contributed by atoms with van der Waals surface area (Å²) in [5.41, 5.74) is 0.313. The topological polar surface area (TPSA) is 33.3 Å². The van der Waals surface area contributed by atoms with Crippen molar-refractivity contribution in [1.82, 2.24) is 10.6 Å². The average Bonchev–Trinajstić information content (AvgIpc) is 2.12. The lowest BCUT2D eigenvalue weighted by Gasteiger charge is -2.57. The van der Waals surface area contributed by atoms with Gasteiger partial charge in [-0.2, -0.15) is 0 Å². The highest BCUT2D eigenvalue weighted by Gasteiger charge is 2.52. The number of ether oxygens (including phenoxy) is 1. The number of rotatable bonds is 1. The quantitative estimate of drug-likeness (QED) is 0.736. The third-order valence-electron chi connectivity index (χ3n) is 4.08. The van der Waals surface area contributed by atoms with Crippen molar-refractivity contribution in [3.63, 3.8) is 0 Å². The van der Waals surface area contributed by atoms with Gasteiger partial charge < -0.3 is 15.4 Å². The summed E-state index contributed by atoms with van der Waals surface area (Å²) in [6, 6.07) is 0.497. The zero-order valence-electron chi connectivity index (χ0n) is 12.0. The number of nitrogens with one attached hydrogen (secondary N) is 2. The Labute approximate surface area is 106 Å². The maximum Gasteiger partial charge on any atom is 0.0869 e. The standard InChI is InChI=1S/C14H28N2O/c1-6-11-14(17-8-7-15-11)9-12(2,3)16-13(4,5)10-14/h11,15-16H,6-10H2,1-5H3. The largest absolute Gasteiger partial charge is 0.372 e. The van der Waals surface area contributed by atoms with Gasteiger partial charge in [-0.05, 0) is 47.0 Å². The fourth-order valence-electron chi connectivity index (χ4n) is 4.20. The maximum atomic E-state index is 6.28. The second-order valence-corrected chi connectivity index (χ2v) is 7.07. The molecule has 3 nitrogen and oxygen atoms in total. The zero-order chi connectivity index (χ0) is 12.7. The van der Waals surface area contributed by atoms with Gasteiger partial charge in [0.25, 0.3) is 0 Å². The van der Waals surface area contributed by atoms with E-state index in [0.29, 0.717) is 6.04 Å². The van der Waals surface area contributed by atoms with Gasteiger partial charge in [-0.25, -0.2) is 0 Å². The zero-order valence-corrected chi connectivity index (χ0v) is 12.0. The Morgan fingerprint density at radius 2 is 1.71 bits per heavy atom. The Morgan fingerprint density at radius 1 is 1.12 bits per heavy atom. The molecule has 17 heavy (non-hydrogen) atoms. The first-order chi connectivity index (χ1) is 7.79. The van der Waals surface area contributed by atoms with E-state index in [1.807, 2.05) is 0 Å². The Bertz CT molecular complexity index is 270. The van der Waals surface area contributed by atoms with Crippen LogP contribution in [-0.2, 0) is 4.74 Å². The van der Waals surface area contributed by atoms with Crippen LogP contribution in [0.25, 0.3) is 0 Å². The highest BCUT2D eigenvalue weighted by molar-refractivity contribution is 5.10. The molecule has 2 heterocycles. The van der Waals surface area contributed by atoms with E-state index in [-0.39, 0.29) is 16.7 Å². The third-order valence-corrected chi connectivity index (χ3v) is 4.08. The van der Waals surface area contributed by atoms with E-state index in [1.54, 1.807) is 0 Å². The van der Waals surface area contributed by atoms with Crippen LogP contribution in [0.1, 0.15) is 53.9 Å². The van der Waals surface area contributed by atoms with Gasteiger partial charge in [-0.15, -0.1) is 0 Å². The van der Waals surface area contributed by atoms with E-state index in [9.17, 15) is 0 Å². The fourth-order valence-corrected chi connectivity index (χ4v) is 4.20. The lowest BCUT2D eigenvalue weighted by atomic mass is 9.68. The summed E-state index contributed by atoms with van der Waals surface area (Å²) in [4.78, 5) is 0. The van der Waals surface area contributed by atoms with E-state index < -0.39 is 0 Å². The summed E-state index contributed by atoms with van der Waals surface area (Å²) in [5, 5.41) is 7.39. The van der Waals surface area contributed by atoms with E-state index in [0.717, 1.165) is 32.4 Å². The minimum atomic E-state index is 0.0191. The van der Waals surface area contributed by atoms with Crippen molar-refractivity contribution in [3.8, 4) is 0 Å². The molecule has 0 aliphatic carbocycles. The van der Waals surface area contributed by atoms with Gasteiger partial charge >= 0.3 is 0 Å². The monoisotopic (exact) mass is 240 g/mol. The average molecular weight is 240 g/mol. The molecule has 1 unspecified atom stereocenters. The summed E-state index contributed by atoms with van der Waals surface area (Å²) >= 11 is 0. The van der Waals surface area contributed by atoms with Gasteiger partial charge in [0.1, 0.15) is 0 Å². The first kappa shape index (κ1) is 13.3. The summed E-state index contributed by atoms with van der Waals surface area (Å²) in [5.74, 6) is 0. The molecule has 0 bridgehead atoms. The summed E-state index contributed by atoms with van der Waals surface area (Å²) in [6.45, 7) is 13.3. The first-order valence-corrected chi connectivity index (χ1v) is 6.95. The number of hydrogen-bond donors (Lipinski definition) is 2. The van der Waals surface area contributed by atoms with E-state index in [4.69, 9.17) is 4.74 Å². The van der Waals surface area contributed by atoms with Gasteiger partial charge in [-0.1, -0.05) is 6.92 Å². The Balaban J connectivity index is 2.27. The van der Waals surface area contributed by atoms with Crippen molar-refractivity contribution in [2.75, 3.05) is 13.2 Å². The summed E-state index contributed by atoms with van der Waals surface area (Å²) in [6.07, 6.45) is 3.33. The summed E-state index contributed by atoms with van der Waals surface area (Å²) in [7, 11) is 0. The highest BCUT2D eigenvalue weighted by Crippen LogP contribution is 2.42. The fraction of sp³-hybridized carbons (Fsp3) is 1.00. The predicted molar refractivity (Wildman–Crippen MR) is 71.3 cm³/mol. The second kappa shape index (κ2) is 4.22. The van der Waals surface area contributed by atoms with Crippen molar-refractivity contribution in [2.45, 2.75) is 76.6 Å². The molecule has 0 radical (unpaired) electrons. The molecule has 0 saturated carbocycles. The van der Waals surface area contributed by atoms with Crippen LogP contribution in [0.5, 0.6) is 0 Å².